The minimum Gasteiger partial charge on any atom is -0.338 e. The van der Waals surface area contributed by atoms with E-state index in [2.05, 4.69) is 0 Å². The van der Waals surface area contributed by atoms with Crippen molar-refractivity contribution in [2.45, 2.75) is 44.7 Å². The van der Waals surface area contributed by atoms with Crippen LogP contribution >= 0.6 is 11.3 Å². The number of nitrogens with zero attached hydrogens (tertiary/aromatic N) is 2. The number of hydrogen-bond acceptors (Lipinski definition) is 4. The lowest BCUT2D eigenvalue weighted by atomic mass is 9.74. The minimum absolute atomic E-state index is 0.00349. The Bertz CT molecular complexity index is 1160. The molecule has 0 bridgehead atoms. The Labute approximate surface area is 198 Å². The van der Waals surface area contributed by atoms with E-state index < -0.39 is 5.41 Å². The van der Waals surface area contributed by atoms with Gasteiger partial charge in [0.1, 0.15) is 0 Å². The molecule has 0 radical (unpaired) electrons. The molecule has 5 nitrogen and oxygen atoms in total. The van der Waals surface area contributed by atoms with Crippen LogP contribution in [0, 0.1) is 6.92 Å². The number of hydrogen-bond donors (Lipinski definition) is 0. The van der Waals surface area contributed by atoms with Crippen LogP contribution in [0.2, 0.25) is 0 Å². The van der Waals surface area contributed by atoms with Gasteiger partial charge in [0.25, 0.3) is 0 Å². The number of benzene rings is 2. The molecule has 0 aliphatic carbocycles. The average Bonchev–Trinajstić information content (AvgIpc) is 3.43. The second-order valence-corrected chi connectivity index (χ2v) is 9.70. The van der Waals surface area contributed by atoms with Crippen LogP contribution in [-0.4, -0.2) is 34.6 Å². The van der Waals surface area contributed by atoms with Gasteiger partial charge < -0.3 is 4.90 Å². The van der Waals surface area contributed by atoms with Gasteiger partial charge in [-0.2, -0.15) is 0 Å². The topological polar surface area (TPSA) is 57.7 Å². The van der Waals surface area contributed by atoms with Crippen molar-refractivity contribution in [2.24, 2.45) is 0 Å². The van der Waals surface area contributed by atoms with E-state index in [4.69, 9.17) is 0 Å². The second kappa shape index (κ2) is 9.32. The zero-order valence-corrected chi connectivity index (χ0v) is 20.0. The van der Waals surface area contributed by atoms with Crippen LogP contribution in [0.4, 0.5) is 0 Å². The normalized spacial score (nSPS) is 19.1. The number of carbonyl (C=O) groups is 3. The summed E-state index contributed by atoms with van der Waals surface area (Å²) < 4.78 is 0. The van der Waals surface area contributed by atoms with Gasteiger partial charge in [-0.3, -0.25) is 19.3 Å². The smallest absolute Gasteiger partial charge is 0.241 e. The van der Waals surface area contributed by atoms with E-state index in [-0.39, 0.29) is 43.1 Å². The van der Waals surface area contributed by atoms with Crippen LogP contribution in [0.5, 0.6) is 0 Å². The highest BCUT2D eigenvalue weighted by Gasteiger charge is 2.54. The van der Waals surface area contributed by atoms with Crippen LogP contribution in [0.1, 0.15) is 47.4 Å². The van der Waals surface area contributed by atoms with Crippen molar-refractivity contribution in [1.29, 1.82) is 0 Å². The standard InChI is InChI=1S/C27H28N2O3S/c1-19-10-7-8-13-22(19)27(16-24(30)28(3)20(2)23-14-9-15-33-23)17-25(31)29(26(27)32)18-21-11-5-4-6-12-21/h4-15,20H,16-18H2,1-3H3/t20-,27+/m0/s1. The third-order valence-electron chi connectivity index (χ3n) is 6.64. The molecule has 3 aromatic rings. The highest BCUT2D eigenvalue weighted by Crippen LogP contribution is 2.42. The summed E-state index contributed by atoms with van der Waals surface area (Å²) >= 11 is 1.60. The zero-order chi connectivity index (χ0) is 23.6. The monoisotopic (exact) mass is 460 g/mol. The summed E-state index contributed by atoms with van der Waals surface area (Å²) in [5.41, 5.74) is 1.35. The Morgan fingerprint density at radius 1 is 1.06 bits per heavy atom. The molecule has 1 aliphatic heterocycles. The van der Waals surface area contributed by atoms with Crippen molar-refractivity contribution >= 4 is 29.1 Å². The number of thiophene rings is 1. The van der Waals surface area contributed by atoms with Crippen LogP contribution in [0.25, 0.3) is 0 Å². The molecule has 4 rings (SSSR count). The predicted molar refractivity (Wildman–Crippen MR) is 130 cm³/mol. The van der Waals surface area contributed by atoms with Gasteiger partial charge in [0, 0.05) is 24.8 Å². The van der Waals surface area contributed by atoms with Gasteiger partial charge in [-0.1, -0.05) is 60.7 Å². The van der Waals surface area contributed by atoms with Gasteiger partial charge in [-0.15, -0.1) is 11.3 Å². The highest BCUT2D eigenvalue weighted by atomic mass is 32.1. The maximum Gasteiger partial charge on any atom is 0.241 e. The fraction of sp³-hybridized carbons (Fsp3) is 0.296. The predicted octanol–water partition coefficient (Wildman–Crippen LogP) is 4.86. The van der Waals surface area contributed by atoms with Gasteiger partial charge in [0.2, 0.25) is 17.7 Å². The summed E-state index contributed by atoms with van der Waals surface area (Å²) in [6.45, 7) is 4.12. The summed E-state index contributed by atoms with van der Waals surface area (Å²) in [7, 11) is 1.77. The zero-order valence-electron chi connectivity index (χ0n) is 19.2. The first-order chi connectivity index (χ1) is 15.8. The molecule has 1 fully saturated rings. The SMILES string of the molecule is Cc1ccccc1[C@@]1(CC(=O)N(C)[C@@H](C)c2cccs2)CC(=O)N(Cc2ccccc2)C1=O. The lowest BCUT2D eigenvalue weighted by Gasteiger charge is -2.32. The first-order valence-corrected chi connectivity index (χ1v) is 12.0. The number of rotatable bonds is 7. The molecule has 3 amide bonds. The minimum atomic E-state index is -1.20. The van der Waals surface area contributed by atoms with Crippen molar-refractivity contribution in [3.05, 3.63) is 93.7 Å². The van der Waals surface area contributed by atoms with Crippen LogP contribution in [0.3, 0.4) is 0 Å². The quantitative estimate of drug-likeness (QED) is 0.473. The molecule has 33 heavy (non-hydrogen) atoms. The van der Waals surface area contributed by atoms with Crippen LogP contribution < -0.4 is 0 Å². The summed E-state index contributed by atoms with van der Waals surface area (Å²) in [5, 5.41) is 1.99. The number of likely N-dealkylation sites (tertiary alicyclic amines) is 1. The second-order valence-electron chi connectivity index (χ2n) is 8.72. The molecule has 1 saturated heterocycles. The molecular weight excluding hydrogens is 432 g/mol. The fourth-order valence-corrected chi connectivity index (χ4v) is 5.43. The van der Waals surface area contributed by atoms with E-state index >= 15 is 0 Å². The van der Waals surface area contributed by atoms with Crippen molar-refractivity contribution in [2.75, 3.05) is 7.05 Å². The van der Waals surface area contributed by atoms with Crippen LogP contribution in [-0.2, 0) is 26.3 Å². The summed E-state index contributed by atoms with van der Waals surface area (Å²) in [6, 6.07) is 20.9. The Morgan fingerprint density at radius 3 is 2.42 bits per heavy atom. The van der Waals surface area contributed by atoms with Gasteiger partial charge in [-0.05, 0) is 42.0 Å². The van der Waals surface area contributed by atoms with E-state index in [1.54, 1.807) is 23.3 Å². The van der Waals surface area contributed by atoms with Gasteiger partial charge in [-0.25, -0.2) is 0 Å². The van der Waals surface area contributed by atoms with Crippen LogP contribution in [0.15, 0.2) is 72.1 Å². The van der Waals surface area contributed by atoms with E-state index in [1.807, 2.05) is 86.0 Å². The molecule has 0 saturated carbocycles. The van der Waals surface area contributed by atoms with Crippen molar-refractivity contribution < 1.29 is 14.4 Å². The number of amides is 3. The van der Waals surface area contributed by atoms with Gasteiger partial charge in [0.15, 0.2) is 0 Å². The van der Waals surface area contributed by atoms with E-state index in [1.165, 1.54) is 4.90 Å². The summed E-state index contributed by atoms with van der Waals surface area (Å²) in [5.74, 6) is -0.688. The lowest BCUT2D eigenvalue weighted by Crippen LogP contribution is -2.43. The molecule has 6 heteroatoms. The molecule has 2 atom stereocenters. The Balaban J connectivity index is 1.68. The largest absolute Gasteiger partial charge is 0.338 e. The third kappa shape index (κ3) is 4.35. The van der Waals surface area contributed by atoms with Gasteiger partial charge in [0.05, 0.1) is 18.0 Å². The summed E-state index contributed by atoms with van der Waals surface area (Å²) in [4.78, 5) is 44.6. The maximum atomic E-state index is 13.9. The number of imide groups is 1. The Morgan fingerprint density at radius 2 is 1.76 bits per heavy atom. The average molecular weight is 461 g/mol. The molecule has 1 aliphatic rings. The number of carbonyl (C=O) groups excluding carboxylic acids is 3. The molecule has 2 heterocycles. The van der Waals surface area contributed by atoms with E-state index in [9.17, 15) is 14.4 Å². The summed E-state index contributed by atoms with van der Waals surface area (Å²) in [6.07, 6.45) is -0.0452. The fourth-order valence-electron chi connectivity index (χ4n) is 4.60. The molecule has 0 spiro atoms. The van der Waals surface area contributed by atoms with Gasteiger partial charge >= 0.3 is 0 Å². The van der Waals surface area contributed by atoms with E-state index in [0.717, 1.165) is 21.6 Å². The van der Waals surface area contributed by atoms with E-state index in [0.29, 0.717) is 0 Å². The number of aryl methyl sites for hydroxylation is 1. The first kappa shape index (κ1) is 22.9. The molecule has 1 aromatic heterocycles. The molecule has 170 valence electrons. The molecular formula is C27H28N2O3S. The molecule has 0 unspecified atom stereocenters. The first-order valence-electron chi connectivity index (χ1n) is 11.1. The Kier molecular flexibility index (Phi) is 6.47. The lowest BCUT2D eigenvalue weighted by molar-refractivity contribution is -0.143. The van der Waals surface area contributed by atoms with Crippen molar-refractivity contribution in [3.8, 4) is 0 Å². The third-order valence-corrected chi connectivity index (χ3v) is 7.68. The van der Waals surface area contributed by atoms with Crippen molar-refractivity contribution in [1.82, 2.24) is 9.80 Å². The molecule has 2 aromatic carbocycles. The molecule has 0 N–H and O–H groups in total. The maximum absolute atomic E-state index is 13.9. The Hall–Kier alpha value is -3.25. The highest BCUT2D eigenvalue weighted by molar-refractivity contribution is 7.10. The van der Waals surface area contributed by atoms with Crippen molar-refractivity contribution in [3.63, 3.8) is 0 Å².